The predicted octanol–water partition coefficient (Wildman–Crippen LogP) is 5.23. The van der Waals surface area contributed by atoms with Crippen LogP contribution in [0.3, 0.4) is 0 Å². The number of thioether (sulfide) groups is 1. The highest BCUT2D eigenvalue weighted by atomic mass is 35.5. The number of benzene rings is 2. The Morgan fingerprint density at radius 2 is 2.10 bits per heavy atom. The van der Waals surface area contributed by atoms with Crippen LogP contribution in [0, 0.1) is 11.2 Å². The smallest absolute Gasteiger partial charge is 0.283 e. The van der Waals surface area contributed by atoms with E-state index in [0.29, 0.717) is 27.1 Å². The minimum absolute atomic E-state index is 0.0473. The summed E-state index contributed by atoms with van der Waals surface area (Å²) in [6.07, 6.45) is 1.58. The number of allylic oxidation sites excluding steroid dienone is 1. The van der Waals surface area contributed by atoms with Crippen molar-refractivity contribution in [2.24, 2.45) is 4.99 Å². The number of carbonyl (C=O) groups excluding carboxylic acids is 1. The number of ether oxygens (including phenoxy) is 1. The molecule has 2 aromatic carbocycles. The lowest BCUT2D eigenvalue weighted by Crippen LogP contribution is -2.37. The van der Waals surface area contributed by atoms with E-state index in [2.05, 4.69) is 4.99 Å². The van der Waals surface area contributed by atoms with Crippen molar-refractivity contribution in [1.29, 1.82) is 5.41 Å². The zero-order valence-corrected chi connectivity index (χ0v) is 16.9. The van der Waals surface area contributed by atoms with Crippen molar-refractivity contribution in [3.8, 4) is 5.75 Å². The number of amides is 1. The number of nitrogens with one attached hydrogen (secondary N) is 1. The molecule has 1 amide bonds. The SMILES string of the molecule is CC1=CSC2=NC(=O)/C(=C\c3ccc(OCc4ccccc4F)c(Cl)c3)C(=N)N12. The van der Waals surface area contributed by atoms with Crippen molar-refractivity contribution in [3.63, 3.8) is 0 Å². The van der Waals surface area contributed by atoms with Crippen LogP contribution in [0.15, 0.2) is 64.1 Å². The second kappa shape index (κ2) is 7.85. The van der Waals surface area contributed by atoms with Gasteiger partial charge in [-0.25, -0.2) is 4.39 Å². The first-order valence-electron chi connectivity index (χ1n) is 8.67. The summed E-state index contributed by atoms with van der Waals surface area (Å²) >= 11 is 7.62. The fraction of sp³-hybridized carbons (Fsp3) is 0.0952. The van der Waals surface area contributed by atoms with Gasteiger partial charge in [-0.05, 0) is 42.2 Å². The van der Waals surface area contributed by atoms with E-state index in [4.69, 9.17) is 21.7 Å². The van der Waals surface area contributed by atoms with Gasteiger partial charge in [-0.3, -0.25) is 15.1 Å². The van der Waals surface area contributed by atoms with Crippen molar-refractivity contribution in [2.45, 2.75) is 13.5 Å². The molecule has 0 aliphatic carbocycles. The Bertz CT molecular complexity index is 1130. The maximum atomic E-state index is 13.7. The molecular formula is C21H15ClFN3O2S. The van der Waals surface area contributed by atoms with Crippen molar-refractivity contribution < 1.29 is 13.9 Å². The number of carbonyl (C=O) groups is 1. The minimum Gasteiger partial charge on any atom is -0.487 e. The standard InChI is InChI=1S/C21H15ClFN3O2S/c1-12-11-29-21-25-20(27)15(19(24)26(12)21)8-13-6-7-18(16(22)9-13)28-10-14-4-2-3-5-17(14)23/h2-9,11,24H,10H2,1H3/b15-8-,24-19?. The summed E-state index contributed by atoms with van der Waals surface area (Å²) in [5.74, 6) is -0.330. The zero-order valence-electron chi connectivity index (χ0n) is 15.3. The summed E-state index contributed by atoms with van der Waals surface area (Å²) in [5.41, 5.74) is 2.08. The summed E-state index contributed by atoms with van der Waals surface area (Å²) in [6, 6.07) is 11.4. The molecule has 0 spiro atoms. The van der Waals surface area contributed by atoms with Crippen molar-refractivity contribution in [1.82, 2.24) is 4.90 Å². The maximum Gasteiger partial charge on any atom is 0.283 e. The molecule has 4 rings (SSSR count). The topological polar surface area (TPSA) is 65.8 Å². The molecule has 0 fully saturated rings. The van der Waals surface area contributed by atoms with Crippen molar-refractivity contribution >= 4 is 46.3 Å². The van der Waals surface area contributed by atoms with Gasteiger partial charge < -0.3 is 4.74 Å². The molecule has 0 saturated heterocycles. The van der Waals surface area contributed by atoms with Crippen LogP contribution in [0.5, 0.6) is 5.75 Å². The van der Waals surface area contributed by atoms with Crippen LogP contribution in [-0.2, 0) is 11.4 Å². The Labute approximate surface area is 176 Å². The molecule has 2 aliphatic rings. The molecule has 0 atom stereocenters. The summed E-state index contributed by atoms with van der Waals surface area (Å²) in [4.78, 5) is 18.0. The molecule has 146 valence electrons. The molecule has 8 heteroatoms. The highest BCUT2D eigenvalue weighted by Crippen LogP contribution is 2.33. The third-order valence-corrected chi connectivity index (χ3v) is 5.63. The largest absolute Gasteiger partial charge is 0.487 e. The molecule has 0 bridgehead atoms. The molecule has 5 nitrogen and oxygen atoms in total. The van der Waals surface area contributed by atoms with Crippen LogP contribution in [0.25, 0.3) is 6.08 Å². The van der Waals surface area contributed by atoms with E-state index in [9.17, 15) is 9.18 Å². The van der Waals surface area contributed by atoms with Crippen LogP contribution in [0.1, 0.15) is 18.1 Å². The Hall–Kier alpha value is -2.90. The van der Waals surface area contributed by atoms with Gasteiger partial charge in [0, 0.05) is 11.3 Å². The van der Waals surface area contributed by atoms with E-state index in [1.807, 2.05) is 12.3 Å². The lowest BCUT2D eigenvalue weighted by molar-refractivity contribution is -0.114. The van der Waals surface area contributed by atoms with Gasteiger partial charge >= 0.3 is 0 Å². The highest BCUT2D eigenvalue weighted by molar-refractivity contribution is 8.16. The molecule has 0 unspecified atom stereocenters. The molecule has 2 heterocycles. The number of rotatable bonds is 4. The summed E-state index contributed by atoms with van der Waals surface area (Å²) in [6.45, 7) is 1.90. The summed E-state index contributed by atoms with van der Waals surface area (Å²) in [5, 5.41) is 11.0. The van der Waals surface area contributed by atoms with E-state index in [0.717, 1.165) is 5.70 Å². The average Bonchev–Trinajstić information content (AvgIpc) is 3.06. The minimum atomic E-state index is -0.465. The fourth-order valence-corrected chi connectivity index (χ4v) is 4.00. The van der Waals surface area contributed by atoms with Crippen molar-refractivity contribution in [3.05, 3.63) is 81.1 Å². The number of amidine groups is 2. The predicted molar refractivity (Wildman–Crippen MR) is 114 cm³/mol. The molecule has 2 aliphatic heterocycles. The van der Waals surface area contributed by atoms with Gasteiger partial charge in [-0.15, -0.1) is 0 Å². The van der Waals surface area contributed by atoms with E-state index in [1.54, 1.807) is 47.4 Å². The van der Waals surface area contributed by atoms with E-state index < -0.39 is 5.91 Å². The monoisotopic (exact) mass is 427 g/mol. The number of nitrogens with zero attached hydrogens (tertiary/aromatic N) is 2. The van der Waals surface area contributed by atoms with Gasteiger partial charge in [0.25, 0.3) is 5.91 Å². The number of halogens is 2. The molecule has 0 radical (unpaired) electrons. The van der Waals surface area contributed by atoms with Gasteiger partial charge in [-0.1, -0.05) is 47.6 Å². The zero-order chi connectivity index (χ0) is 20.5. The fourth-order valence-electron chi connectivity index (χ4n) is 2.90. The molecule has 0 aromatic heterocycles. The van der Waals surface area contributed by atoms with Crippen LogP contribution < -0.4 is 4.74 Å². The first-order chi connectivity index (χ1) is 13.9. The van der Waals surface area contributed by atoms with Crippen LogP contribution in [0.2, 0.25) is 5.02 Å². The first kappa shape index (κ1) is 19.4. The highest BCUT2D eigenvalue weighted by Gasteiger charge is 2.33. The van der Waals surface area contributed by atoms with Gasteiger partial charge in [0.15, 0.2) is 5.17 Å². The summed E-state index contributed by atoms with van der Waals surface area (Å²) < 4.78 is 19.3. The Morgan fingerprint density at radius 1 is 1.31 bits per heavy atom. The molecular weight excluding hydrogens is 413 g/mol. The number of fused-ring (bicyclic) bond motifs is 1. The second-order valence-corrected chi connectivity index (χ2v) is 7.63. The lowest BCUT2D eigenvalue weighted by atomic mass is 10.1. The van der Waals surface area contributed by atoms with Gasteiger partial charge in [-0.2, -0.15) is 4.99 Å². The molecule has 1 N–H and O–H groups in total. The van der Waals surface area contributed by atoms with E-state index >= 15 is 0 Å². The Morgan fingerprint density at radius 3 is 2.86 bits per heavy atom. The lowest BCUT2D eigenvalue weighted by Gasteiger charge is -2.25. The number of aliphatic imine (C=N–C) groups is 1. The van der Waals surface area contributed by atoms with Crippen molar-refractivity contribution in [2.75, 3.05) is 0 Å². The quantitative estimate of drug-likeness (QED) is 0.679. The molecule has 2 aromatic rings. The number of hydrogen-bond donors (Lipinski definition) is 1. The summed E-state index contributed by atoms with van der Waals surface area (Å²) in [7, 11) is 0. The van der Waals surface area contributed by atoms with Gasteiger partial charge in [0.05, 0.1) is 10.6 Å². The van der Waals surface area contributed by atoms with Gasteiger partial charge in [0.2, 0.25) is 0 Å². The second-order valence-electron chi connectivity index (χ2n) is 6.39. The first-order valence-corrected chi connectivity index (χ1v) is 9.93. The van der Waals surface area contributed by atoms with E-state index in [-0.39, 0.29) is 23.8 Å². The van der Waals surface area contributed by atoms with Crippen LogP contribution in [-0.4, -0.2) is 21.8 Å². The Kier molecular flexibility index (Phi) is 5.25. The Balaban J connectivity index is 1.55. The van der Waals surface area contributed by atoms with Crippen LogP contribution >= 0.6 is 23.4 Å². The molecule has 0 saturated carbocycles. The molecule has 29 heavy (non-hydrogen) atoms. The number of hydrogen-bond acceptors (Lipinski definition) is 4. The van der Waals surface area contributed by atoms with Gasteiger partial charge in [0.1, 0.15) is 24.0 Å². The van der Waals surface area contributed by atoms with Crippen LogP contribution in [0.4, 0.5) is 4.39 Å². The average molecular weight is 428 g/mol. The third kappa shape index (κ3) is 3.83. The maximum absolute atomic E-state index is 13.7. The van der Waals surface area contributed by atoms with E-state index in [1.165, 1.54) is 17.8 Å². The third-order valence-electron chi connectivity index (χ3n) is 4.39. The normalized spacial score (nSPS) is 17.3.